The fourth-order valence-corrected chi connectivity index (χ4v) is 3.46. The summed E-state index contributed by atoms with van der Waals surface area (Å²) in [6.45, 7) is 4.40. The number of aliphatic hydroxyl groups is 1. The first kappa shape index (κ1) is 17.4. The lowest BCUT2D eigenvalue weighted by Gasteiger charge is -2.14. The molecular formula is C13H20BrNO4S. The molecule has 20 heavy (non-hydrogen) atoms. The second kappa shape index (κ2) is 7.97. The van der Waals surface area contributed by atoms with E-state index in [1.807, 2.05) is 6.92 Å². The van der Waals surface area contributed by atoms with Crippen LogP contribution in [-0.2, 0) is 10.0 Å². The van der Waals surface area contributed by atoms with E-state index in [0.29, 0.717) is 23.2 Å². The average Bonchev–Trinajstić information content (AvgIpc) is 2.39. The van der Waals surface area contributed by atoms with Crippen molar-refractivity contribution < 1.29 is 18.3 Å². The standard InChI is InChI=1S/C13H20BrNO4S/c1-3-19-12-5-4-11(14)8-13(12)20(17,18)15-9-10(2)6-7-16/h4-5,8,10,15-16H,3,6-7,9H2,1-2H3. The summed E-state index contributed by atoms with van der Waals surface area (Å²) in [7, 11) is -3.64. The van der Waals surface area contributed by atoms with Crippen LogP contribution in [0.3, 0.4) is 0 Å². The van der Waals surface area contributed by atoms with Crippen molar-refractivity contribution >= 4 is 26.0 Å². The summed E-state index contributed by atoms with van der Waals surface area (Å²) in [6, 6.07) is 4.88. The van der Waals surface area contributed by atoms with Crippen molar-refractivity contribution in [3.05, 3.63) is 22.7 Å². The highest BCUT2D eigenvalue weighted by Crippen LogP contribution is 2.27. The van der Waals surface area contributed by atoms with Gasteiger partial charge in [-0.2, -0.15) is 0 Å². The van der Waals surface area contributed by atoms with E-state index in [9.17, 15) is 8.42 Å². The zero-order valence-corrected chi connectivity index (χ0v) is 14.0. The monoisotopic (exact) mass is 365 g/mol. The maximum atomic E-state index is 12.3. The molecule has 0 saturated carbocycles. The number of hydrogen-bond acceptors (Lipinski definition) is 4. The quantitative estimate of drug-likeness (QED) is 0.739. The molecule has 0 aliphatic heterocycles. The molecular weight excluding hydrogens is 346 g/mol. The van der Waals surface area contributed by atoms with Crippen molar-refractivity contribution in [1.82, 2.24) is 4.72 Å². The SMILES string of the molecule is CCOc1ccc(Br)cc1S(=O)(=O)NCC(C)CCO. The third-order valence-electron chi connectivity index (χ3n) is 2.74. The van der Waals surface area contributed by atoms with Gasteiger partial charge in [0.25, 0.3) is 0 Å². The van der Waals surface area contributed by atoms with Gasteiger partial charge in [-0.15, -0.1) is 0 Å². The van der Waals surface area contributed by atoms with Gasteiger partial charge < -0.3 is 9.84 Å². The maximum Gasteiger partial charge on any atom is 0.244 e. The Bertz CT molecular complexity index is 533. The minimum absolute atomic E-state index is 0.0456. The fourth-order valence-electron chi connectivity index (χ4n) is 1.62. The molecule has 0 saturated heterocycles. The van der Waals surface area contributed by atoms with Crippen molar-refractivity contribution in [2.75, 3.05) is 19.8 Å². The molecule has 0 bridgehead atoms. The van der Waals surface area contributed by atoms with Crippen molar-refractivity contribution in [3.8, 4) is 5.75 Å². The molecule has 1 aromatic carbocycles. The molecule has 0 aliphatic rings. The zero-order chi connectivity index (χ0) is 15.2. The molecule has 0 spiro atoms. The van der Waals surface area contributed by atoms with Crippen LogP contribution in [0.5, 0.6) is 5.75 Å². The topological polar surface area (TPSA) is 75.6 Å². The number of benzene rings is 1. The van der Waals surface area contributed by atoms with Crippen LogP contribution in [0.2, 0.25) is 0 Å². The molecule has 7 heteroatoms. The summed E-state index contributed by atoms with van der Waals surface area (Å²) >= 11 is 3.26. The van der Waals surface area contributed by atoms with Gasteiger partial charge in [-0.25, -0.2) is 13.1 Å². The van der Waals surface area contributed by atoms with E-state index < -0.39 is 10.0 Å². The number of hydrogen-bond donors (Lipinski definition) is 2. The number of aliphatic hydroxyl groups excluding tert-OH is 1. The van der Waals surface area contributed by atoms with Crippen LogP contribution in [-0.4, -0.2) is 33.3 Å². The lowest BCUT2D eigenvalue weighted by atomic mass is 10.1. The van der Waals surface area contributed by atoms with Crippen molar-refractivity contribution in [2.45, 2.75) is 25.2 Å². The van der Waals surface area contributed by atoms with Crippen LogP contribution in [0.4, 0.5) is 0 Å². The minimum Gasteiger partial charge on any atom is -0.492 e. The van der Waals surface area contributed by atoms with Crippen LogP contribution in [0.1, 0.15) is 20.3 Å². The van der Waals surface area contributed by atoms with Gasteiger partial charge >= 0.3 is 0 Å². The molecule has 0 aliphatic carbocycles. The van der Waals surface area contributed by atoms with Gasteiger partial charge in [-0.05, 0) is 37.5 Å². The number of rotatable bonds is 8. The Morgan fingerprint density at radius 1 is 1.45 bits per heavy atom. The van der Waals surface area contributed by atoms with Crippen LogP contribution < -0.4 is 9.46 Å². The third kappa shape index (κ3) is 5.05. The lowest BCUT2D eigenvalue weighted by molar-refractivity contribution is 0.263. The Hall–Kier alpha value is -0.630. The van der Waals surface area contributed by atoms with Gasteiger partial charge in [0.2, 0.25) is 10.0 Å². The predicted molar refractivity (Wildman–Crippen MR) is 81.4 cm³/mol. The first-order chi connectivity index (χ1) is 9.40. The molecule has 114 valence electrons. The Kier molecular flexibility index (Phi) is 6.94. The molecule has 5 nitrogen and oxygen atoms in total. The highest BCUT2D eigenvalue weighted by Gasteiger charge is 2.20. The van der Waals surface area contributed by atoms with Gasteiger partial charge in [-0.1, -0.05) is 22.9 Å². The van der Waals surface area contributed by atoms with Crippen molar-refractivity contribution in [1.29, 1.82) is 0 Å². The smallest absolute Gasteiger partial charge is 0.244 e. The van der Waals surface area contributed by atoms with E-state index in [0.717, 1.165) is 0 Å². The summed E-state index contributed by atoms with van der Waals surface area (Å²) in [5.41, 5.74) is 0. The van der Waals surface area contributed by atoms with Gasteiger partial charge in [0.15, 0.2) is 0 Å². The van der Waals surface area contributed by atoms with Gasteiger partial charge in [0.1, 0.15) is 10.6 Å². The molecule has 0 radical (unpaired) electrons. The molecule has 1 rings (SSSR count). The lowest BCUT2D eigenvalue weighted by Crippen LogP contribution is -2.29. The average molecular weight is 366 g/mol. The van der Waals surface area contributed by atoms with E-state index in [1.165, 1.54) is 6.07 Å². The van der Waals surface area contributed by atoms with E-state index in [2.05, 4.69) is 20.7 Å². The van der Waals surface area contributed by atoms with Gasteiger partial charge in [-0.3, -0.25) is 0 Å². The summed E-state index contributed by atoms with van der Waals surface area (Å²) in [4.78, 5) is 0.116. The second-order valence-electron chi connectivity index (χ2n) is 4.49. The van der Waals surface area contributed by atoms with Crippen LogP contribution in [0, 0.1) is 5.92 Å². The molecule has 1 atom stereocenters. The predicted octanol–water partition coefficient (Wildman–Crippen LogP) is 2.14. The molecule has 1 unspecified atom stereocenters. The van der Waals surface area contributed by atoms with E-state index in [4.69, 9.17) is 9.84 Å². The summed E-state index contributed by atoms with van der Waals surface area (Å²) in [6.07, 6.45) is 0.555. The summed E-state index contributed by atoms with van der Waals surface area (Å²) < 4.78 is 33.2. The largest absolute Gasteiger partial charge is 0.492 e. The fraction of sp³-hybridized carbons (Fsp3) is 0.538. The highest BCUT2D eigenvalue weighted by molar-refractivity contribution is 9.10. The molecule has 0 amide bonds. The van der Waals surface area contributed by atoms with Crippen molar-refractivity contribution in [3.63, 3.8) is 0 Å². The zero-order valence-electron chi connectivity index (χ0n) is 11.6. The molecule has 0 heterocycles. The summed E-state index contributed by atoms with van der Waals surface area (Å²) in [5.74, 6) is 0.399. The first-order valence-electron chi connectivity index (χ1n) is 6.43. The second-order valence-corrected chi connectivity index (χ2v) is 7.14. The third-order valence-corrected chi connectivity index (χ3v) is 4.68. The molecule has 2 N–H and O–H groups in total. The van der Waals surface area contributed by atoms with E-state index >= 15 is 0 Å². The van der Waals surface area contributed by atoms with Crippen LogP contribution >= 0.6 is 15.9 Å². The van der Waals surface area contributed by atoms with Gasteiger partial charge in [0, 0.05) is 17.6 Å². The Morgan fingerprint density at radius 2 is 2.15 bits per heavy atom. The van der Waals surface area contributed by atoms with Gasteiger partial charge in [0.05, 0.1) is 6.61 Å². The number of nitrogens with one attached hydrogen (secondary N) is 1. The highest BCUT2D eigenvalue weighted by atomic mass is 79.9. The van der Waals surface area contributed by atoms with Crippen LogP contribution in [0.15, 0.2) is 27.6 Å². The summed E-state index contributed by atoms with van der Waals surface area (Å²) in [5, 5.41) is 8.83. The number of ether oxygens (including phenoxy) is 1. The Labute approximate surface area is 128 Å². The Morgan fingerprint density at radius 3 is 2.75 bits per heavy atom. The Balaban J connectivity index is 2.93. The molecule has 0 fully saturated rings. The maximum absolute atomic E-state index is 12.3. The first-order valence-corrected chi connectivity index (χ1v) is 8.71. The van der Waals surface area contributed by atoms with E-state index in [-0.39, 0.29) is 24.0 Å². The molecule has 1 aromatic rings. The number of sulfonamides is 1. The minimum atomic E-state index is -3.64. The molecule has 0 aromatic heterocycles. The number of halogens is 1. The normalized spacial score (nSPS) is 13.2. The van der Waals surface area contributed by atoms with E-state index in [1.54, 1.807) is 19.1 Å². The van der Waals surface area contributed by atoms with Crippen LogP contribution in [0.25, 0.3) is 0 Å². The van der Waals surface area contributed by atoms with Crippen molar-refractivity contribution in [2.24, 2.45) is 5.92 Å².